The number of nitrogen functional groups attached to an aromatic ring is 1. The first-order valence-corrected chi connectivity index (χ1v) is 5.26. The van der Waals surface area contributed by atoms with E-state index in [4.69, 9.17) is 15.6 Å². The van der Waals surface area contributed by atoms with Gasteiger partial charge in [0.2, 0.25) is 0 Å². The summed E-state index contributed by atoms with van der Waals surface area (Å²) in [5.41, 5.74) is 6.85. The SMILES string of the molecule is Nc1cccc(OCCn2cc(CO)nn2)c1. The molecule has 0 saturated heterocycles. The maximum atomic E-state index is 8.82. The molecule has 0 fully saturated rings. The van der Waals surface area contributed by atoms with Crippen LogP contribution in [0.4, 0.5) is 5.69 Å². The van der Waals surface area contributed by atoms with Crippen LogP contribution in [0.25, 0.3) is 0 Å². The molecule has 0 saturated carbocycles. The van der Waals surface area contributed by atoms with E-state index in [0.717, 1.165) is 5.75 Å². The maximum absolute atomic E-state index is 8.82. The number of aromatic nitrogens is 3. The van der Waals surface area contributed by atoms with E-state index in [1.807, 2.05) is 12.1 Å². The van der Waals surface area contributed by atoms with Crippen molar-refractivity contribution >= 4 is 5.69 Å². The minimum atomic E-state index is -0.101. The Hall–Kier alpha value is -2.08. The van der Waals surface area contributed by atoms with Gasteiger partial charge in [0.1, 0.15) is 18.1 Å². The topological polar surface area (TPSA) is 86.2 Å². The van der Waals surface area contributed by atoms with E-state index in [1.165, 1.54) is 0 Å². The van der Waals surface area contributed by atoms with Crippen molar-refractivity contribution in [3.05, 3.63) is 36.2 Å². The van der Waals surface area contributed by atoms with Gasteiger partial charge in [0, 0.05) is 11.8 Å². The summed E-state index contributed by atoms with van der Waals surface area (Å²) in [6, 6.07) is 7.25. The zero-order valence-corrected chi connectivity index (χ0v) is 9.28. The standard InChI is InChI=1S/C11H14N4O2/c12-9-2-1-3-11(6-9)17-5-4-15-7-10(8-16)13-14-15/h1-3,6-7,16H,4-5,8,12H2. The molecule has 0 unspecified atom stereocenters. The second-order valence-electron chi connectivity index (χ2n) is 3.55. The molecule has 0 atom stereocenters. The molecule has 0 aliphatic heterocycles. The van der Waals surface area contributed by atoms with Gasteiger partial charge in [-0.05, 0) is 12.1 Å². The third kappa shape index (κ3) is 3.18. The fraction of sp³-hybridized carbons (Fsp3) is 0.273. The first-order valence-electron chi connectivity index (χ1n) is 5.26. The van der Waals surface area contributed by atoms with Crippen molar-refractivity contribution in [1.82, 2.24) is 15.0 Å². The van der Waals surface area contributed by atoms with Crippen molar-refractivity contribution in [2.24, 2.45) is 0 Å². The van der Waals surface area contributed by atoms with Gasteiger partial charge in [0.25, 0.3) is 0 Å². The van der Waals surface area contributed by atoms with Gasteiger partial charge in [-0.2, -0.15) is 0 Å². The average Bonchev–Trinajstić information content (AvgIpc) is 2.77. The highest BCUT2D eigenvalue weighted by atomic mass is 16.5. The number of hydrogen-bond acceptors (Lipinski definition) is 5. The molecule has 0 aliphatic rings. The van der Waals surface area contributed by atoms with Crippen LogP contribution in [0, 0.1) is 0 Å². The van der Waals surface area contributed by atoms with Crippen molar-refractivity contribution in [3.63, 3.8) is 0 Å². The molecular formula is C11H14N4O2. The van der Waals surface area contributed by atoms with Crippen LogP contribution in [0.1, 0.15) is 5.69 Å². The minimum Gasteiger partial charge on any atom is -0.492 e. The molecule has 90 valence electrons. The number of nitrogens with two attached hydrogens (primary N) is 1. The lowest BCUT2D eigenvalue weighted by Gasteiger charge is -2.06. The molecule has 2 aromatic rings. The van der Waals surface area contributed by atoms with Crippen LogP contribution in [-0.2, 0) is 13.2 Å². The fourth-order valence-electron chi connectivity index (χ4n) is 1.38. The molecule has 1 aromatic heterocycles. The Morgan fingerprint density at radius 1 is 1.41 bits per heavy atom. The summed E-state index contributed by atoms with van der Waals surface area (Å²) in [4.78, 5) is 0. The zero-order chi connectivity index (χ0) is 12.1. The number of aliphatic hydroxyl groups excluding tert-OH is 1. The fourth-order valence-corrected chi connectivity index (χ4v) is 1.38. The van der Waals surface area contributed by atoms with Crippen LogP contribution in [0.2, 0.25) is 0 Å². The summed E-state index contributed by atoms with van der Waals surface area (Å²) in [6.07, 6.45) is 1.68. The molecule has 1 aromatic carbocycles. The third-order valence-electron chi connectivity index (χ3n) is 2.20. The smallest absolute Gasteiger partial charge is 0.121 e. The molecule has 0 spiro atoms. The first kappa shape index (κ1) is 11.4. The van der Waals surface area contributed by atoms with E-state index in [2.05, 4.69) is 10.3 Å². The summed E-state index contributed by atoms with van der Waals surface area (Å²) in [6.45, 7) is 0.940. The number of hydrogen-bond donors (Lipinski definition) is 2. The van der Waals surface area contributed by atoms with Crippen LogP contribution in [0.3, 0.4) is 0 Å². The van der Waals surface area contributed by atoms with Crippen molar-refractivity contribution < 1.29 is 9.84 Å². The molecule has 0 aliphatic carbocycles. The van der Waals surface area contributed by atoms with E-state index in [-0.39, 0.29) is 6.61 Å². The van der Waals surface area contributed by atoms with Gasteiger partial charge < -0.3 is 15.6 Å². The van der Waals surface area contributed by atoms with Crippen molar-refractivity contribution in [2.75, 3.05) is 12.3 Å². The van der Waals surface area contributed by atoms with Crippen molar-refractivity contribution in [2.45, 2.75) is 13.2 Å². The Morgan fingerprint density at radius 2 is 2.29 bits per heavy atom. The first-order chi connectivity index (χ1) is 8.28. The molecule has 0 radical (unpaired) electrons. The van der Waals surface area contributed by atoms with Gasteiger partial charge in [-0.3, -0.25) is 0 Å². The van der Waals surface area contributed by atoms with Crippen LogP contribution >= 0.6 is 0 Å². The predicted octanol–water partition coefficient (Wildman–Crippen LogP) is 0.432. The molecule has 3 N–H and O–H groups in total. The zero-order valence-electron chi connectivity index (χ0n) is 9.28. The highest BCUT2D eigenvalue weighted by molar-refractivity contribution is 5.43. The number of anilines is 1. The second-order valence-corrected chi connectivity index (χ2v) is 3.55. The summed E-state index contributed by atoms with van der Waals surface area (Å²) in [5.74, 6) is 0.729. The van der Waals surface area contributed by atoms with E-state index in [9.17, 15) is 0 Å². The van der Waals surface area contributed by atoms with E-state index >= 15 is 0 Å². The Balaban J connectivity index is 1.83. The van der Waals surface area contributed by atoms with Crippen LogP contribution < -0.4 is 10.5 Å². The van der Waals surface area contributed by atoms with Crippen LogP contribution in [0.5, 0.6) is 5.75 Å². The quantitative estimate of drug-likeness (QED) is 0.733. The van der Waals surface area contributed by atoms with Gasteiger partial charge in [-0.1, -0.05) is 11.3 Å². The minimum absolute atomic E-state index is 0.101. The lowest BCUT2D eigenvalue weighted by Crippen LogP contribution is -2.08. The van der Waals surface area contributed by atoms with Gasteiger partial charge in [0.15, 0.2) is 0 Å². The normalized spacial score (nSPS) is 10.4. The maximum Gasteiger partial charge on any atom is 0.121 e. The third-order valence-corrected chi connectivity index (χ3v) is 2.20. The Labute approximate surface area is 98.6 Å². The summed E-state index contributed by atoms with van der Waals surface area (Å²) >= 11 is 0. The van der Waals surface area contributed by atoms with Crippen LogP contribution in [0.15, 0.2) is 30.5 Å². The van der Waals surface area contributed by atoms with Gasteiger partial charge in [-0.25, -0.2) is 4.68 Å². The number of rotatable bonds is 5. The second kappa shape index (κ2) is 5.31. The molecule has 6 nitrogen and oxygen atoms in total. The molecule has 2 rings (SSSR count). The van der Waals surface area contributed by atoms with Crippen LogP contribution in [-0.4, -0.2) is 26.7 Å². The van der Waals surface area contributed by atoms with Gasteiger partial charge >= 0.3 is 0 Å². The number of ether oxygens (including phenoxy) is 1. The Kier molecular flexibility index (Phi) is 3.56. The molecule has 1 heterocycles. The highest BCUT2D eigenvalue weighted by Gasteiger charge is 1.99. The molecular weight excluding hydrogens is 220 g/mol. The van der Waals surface area contributed by atoms with Gasteiger partial charge in [0.05, 0.1) is 19.3 Å². The summed E-state index contributed by atoms with van der Waals surface area (Å²) in [7, 11) is 0. The lowest BCUT2D eigenvalue weighted by atomic mass is 10.3. The molecule has 0 bridgehead atoms. The number of nitrogens with zero attached hydrogens (tertiary/aromatic N) is 3. The highest BCUT2D eigenvalue weighted by Crippen LogP contribution is 2.14. The monoisotopic (exact) mass is 234 g/mol. The molecule has 0 amide bonds. The average molecular weight is 234 g/mol. The van der Waals surface area contributed by atoms with Crippen molar-refractivity contribution in [1.29, 1.82) is 0 Å². The molecule has 17 heavy (non-hydrogen) atoms. The Bertz CT molecular complexity index is 484. The van der Waals surface area contributed by atoms with E-state index in [1.54, 1.807) is 23.0 Å². The summed E-state index contributed by atoms with van der Waals surface area (Å²) < 4.78 is 7.13. The van der Waals surface area contributed by atoms with E-state index < -0.39 is 0 Å². The van der Waals surface area contributed by atoms with Crippen molar-refractivity contribution in [3.8, 4) is 5.75 Å². The largest absolute Gasteiger partial charge is 0.492 e. The summed E-state index contributed by atoms with van der Waals surface area (Å²) in [5, 5.41) is 16.4. The van der Waals surface area contributed by atoms with Gasteiger partial charge in [-0.15, -0.1) is 5.10 Å². The molecule has 6 heteroatoms. The number of aliphatic hydroxyl groups is 1. The van der Waals surface area contributed by atoms with E-state index in [0.29, 0.717) is 24.5 Å². The lowest BCUT2D eigenvalue weighted by molar-refractivity contribution is 0.276. The predicted molar refractivity (Wildman–Crippen MR) is 62.3 cm³/mol. The number of benzene rings is 1. The Morgan fingerprint density at radius 3 is 3.00 bits per heavy atom.